The summed E-state index contributed by atoms with van der Waals surface area (Å²) in [6, 6.07) is -0.942. The Morgan fingerprint density at radius 2 is 2.00 bits per heavy atom. The minimum absolute atomic E-state index is 0.320. The maximum absolute atomic E-state index is 11.0. The van der Waals surface area contributed by atoms with Crippen molar-refractivity contribution in [2.24, 2.45) is 16.5 Å². The van der Waals surface area contributed by atoms with Crippen LogP contribution >= 0.6 is 0 Å². The second-order valence-corrected chi connectivity index (χ2v) is 3.12. The number of carbonyl (C=O) groups is 2. The lowest BCUT2D eigenvalue weighted by Crippen LogP contribution is -2.43. The number of amides is 2. The Kier molecular flexibility index (Phi) is 3.77. The van der Waals surface area contributed by atoms with Crippen LogP contribution in [0.4, 0.5) is 4.79 Å². The van der Waals surface area contributed by atoms with Crippen molar-refractivity contribution in [3.05, 3.63) is 0 Å². The van der Waals surface area contributed by atoms with E-state index in [0.29, 0.717) is 6.29 Å². The first kappa shape index (κ1) is 12.4. The summed E-state index contributed by atoms with van der Waals surface area (Å²) >= 11 is 0. The molecule has 1 saturated heterocycles. The molecule has 4 atom stereocenters. The molecule has 9 nitrogen and oxygen atoms in total. The normalized spacial score (nSPS) is 33.1. The summed E-state index contributed by atoms with van der Waals surface area (Å²) in [6.45, 7) is 0. The molecule has 0 aromatic carbocycles. The Morgan fingerprint density at radius 3 is 2.44 bits per heavy atom. The Hall–Kier alpha value is -1.71. The third-order valence-electron chi connectivity index (χ3n) is 1.93. The summed E-state index contributed by atoms with van der Waals surface area (Å²) < 4.78 is 4.84. The number of aliphatic hydroxyl groups is 2. The molecule has 4 unspecified atom stereocenters. The number of nitrogens with two attached hydrogens (primary N) is 2. The highest BCUT2D eigenvalue weighted by atomic mass is 16.6. The Bertz CT molecular complexity index is 316. The number of carbonyl (C=O) groups excluding carboxylic acids is 2. The van der Waals surface area contributed by atoms with Crippen molar-refractivity contribution in [3.8, 4) is 0 Å². The number of aliphatic hydroxyl groups excluding tert-OH is 2. The molecule has 2 amide bonds. The van der Waals surface area contributed by atoms with Gasteiger partial charge in [-0.15, -0.1) is 0 Å². The van der Waals surface area contributed by atoms with E-state index in [4.69, 9.17) is 16.2 Å². The second kappa shape index (κ2) is 4.88. The van der Waals surface area contributed by atoms with Gasteiger partial charge in [-0.25, -0.2) is 4.79 Å². The van der Waals surface area contributed by atoms with Crippen LogP contribution in [0.25, 0.3) is 0 Å². The summed E-state index contributed by atoms with van der Waals surface area (Å²) in [7, 11) is 0. The van der Waals surface area contributed by atoms with Gasteiger partial charge in [0.25, 0.3) is 0 Å². The van der Waals surface area contributed by atoms with Crippen molar-refractivity contribution in [1.29, 1.82) is 0 Å². The predicted octanol–water partition coefficient (Wildman–Crippen LogP) is -3.38. The summed E-state index contributed by atoms with van der Waals surface area (Å²) in [5.41, 5.74) is 9.88. The lowest BCUT2D eigenvalue weighted by Gasteiger charge is -2.14. The van der Waals surface area contributed by atoms with E-state index in [1.165, 1.54) is 0 Å². The van der Waals surface area contributed by atoms with E-state index >= 15 is 0 Å². The van der Waals surface area contributed by atoms with Crippen molar-refractivity contribution in [3.63, 3.8) is 0 Å². The highest BCUT2D eigenvalue weighted by Gasteiger charge is 2.43. The fourth-order valence-electron chi connectivity index (χ4n) is 1.21. The van der Waals surface area contributed by atoms with E-state index < -0.39 is 36.5 Å². The summed E-state index contributed by atoms with van der Waals surface area (Å²) in [4.78, 5) is 24.5. The van der Waals surface area contributed by atoms with Crippen molar-refractivity contribution in [2.45, 2.75) is 24.5 Å². The van der Waals surface area contributed by atoms with E-state index in [-0.39, 0.29) is 0 Å². The topological polar surface area (TPSA) is 160 Å². The van der Waals surface area contributed by atoms with E-state index in [1.54, 1.807) is 0 Å². The average molecular weight is 232 g/mol. The molecule has 0 aliphatic carbocycles. The van der Waals surface area contributed by atoms with Crippen LogP contribution in [0.2, 0.25) is 0 Å². The molecule has 0 spiro atoms. The zero-order valence-corrected chi connectivity index (χ0v) is 8.11. The maximum atomic E-state index is 11.0. The largest absolute Gasteiger partial charge is 0.387 e. The molecule has 1 aliphatic heterocycles. The predicted molar refractivity (Wildman–Crippen MR) is 51.1 cm³/mol. The van der Waals surface area contributed by atoms with Gasteiger partial charge >= 0.3 is 6.03 Å². The number of hydrogen-bond acceptors (Lipinski definition) is 5. The molecule has 0 bridgehead atoms. The molecular weight excluding hydrogens is 220 g/mol. The molecule has 16 heavy (non-hydrogen) atoms. The summed E-state index contributed by atoms with van der Waals surface area (Å²) in [5.74, 6) is -0.461. The summed E-state index contributed by atoms with van der Waals surface area (Å²) in [6.07, 6.45) is -4.93. The van der Waals surface area contributed by atoms with Crippen LogP contribution < -0.4 is 16.8 Å². The number of hydrogen-bond donors (Lipinski definition) is 5. The molecule has 0 radical (unpaired) electrons. The maximum Gasteiger partial charge on any atom is 0.346 e. The smallest absolute Gasteiger partial charge is 0.346 e. The van der Waals surface area contributed by atoms with Crippen molar-refractivity contribution < 1.29 is 24.5 Å². The first-order chi connectivity index (χ1) is 7.45. The van der Waals surface area contributed by atoms with Crippen LogP contribution in [0.3, 0.4) is 0 Å². The number of ether oxygens (including phenoxy) is 1. The van der Waals surface area contributed by atoms with Crippen LogP contribution in [0.15, 0.2) is 4.99 Å². The minimum Gasteiger partial charge on any atom is -0.387 e. The van der Waals surface area contributed by atoms with Gasteiger partial charge in [-0.1, -0.05) is 0 Å². The molecule has 1 heterocycles. The van der Waals surface area contributed by atoms with Gasteiger partial charge in [0.05, 0.1) is 0 Å². The average Bonchev–Trinajstić information content (AvgIpc) is 2.44. The number of guanidine groups is 1. The number of nitrogens with one attached hydrogen (secondary N) is 1. The van der Waals surface area contributed by atoms with Gasteiger partial charge in [0, 0.05) is 0 Å². The fourth-order valence-corrected chi connectivity index (χ4v) is 1.21. The van der Waals surface area contributed by atoms with Crippen molar-refractivity contribution in [1.82, 2.24) is 5.32 Å². The van der Waals surface area contributed by atoms with Crippen molar-refractivity contribution in [2.75, 3.05) is 0 Å². The highest BCUT2D eigenvalue weighted by molar-refractivity contribution is 5.90. The molecule has 0 saturated carbocycles. The van der Waals surface area contributed by atoms with Crippen molar-refractivity contribution >= 4 is 18.3 Å². The lowest BCUT2D eigenvalue weighted by atomic mass is 10.1. The molecule has 1 rings (SSSR count). The molecular formula is C7H12N4O5. The molecule has 1 aliphatic rings. The Morgan fingerprint density at radius 1 is 1.38 bits per heavy atom. The minimum atomic E-state index is -1.42. The third kappa shape index (κ3) is 2.66. The van der Waals surface area contributed by atoms with Crippen LogP contribution in [-0.4, -0.2) is 53.0 Å². The van der Waals surface area contributed by atoms with E-state index in [0.717, 1.165) is 0 Å². The van der Waals surface area contributed by atoms with E-state index in [9.17, 15) is 19.8 Å². The van der Waals surface area contributed by atoms with Gasteiger partial charge in [-0.2, -0.15) is 4.99 Å². The van der Waals surface area contributed by atoms with Gasteiger partial charge in [-0.05, 0) is 0 Å². The molecule has 90 valence electrons. The van der Waals surface area contributed by atoms with E-state index in [1.807, 2.05) is 0 Å². The van der Waals surface area contributed by atoms with Gasteiger partial charge in [0.2, 0.25) is 0 Å². The molecule has 0 aromatic heterocycles. The summed E-state index contributed by atoms with van der Waals surface area (Å²) in [5, 5.41) is 20.7. The van der Waals surface area contributed by atoms with Gasteiger partial charge in [0.1, 0.15) is 18.3 Å². The van der Waals surface area contributed by atoms with Gasteiger partial charge in [0.15, 0.2) is 18.5 Å². The number of nitrogens with zero attached hydrogens (tertiary/aromatic N) is 1. The van der Waals surface area contributed by atoms with Gasteiger partial charge < -0.3 is 36.5 Å². The molecule has 9 heteroatoms. The zero-order chi connectivity index (χ0) is 12.3. The first-order valence-corrected chi connectivity index (χ1v) is 4.32. The number of aldehydes is 1. The highest BCUT2D eigenvalue weighted by Crippen LogP contribution is 2.18. The molecule has 1 fully saturated rings. The van der Waals surface area contributed by atoms with E-state index in [2.05, 4.69) is 10.3 Å². The monoisotopic (exact) mass is 232 g/mol. The number of aliphatic imine (C=N–C) groups is 1. The Labute approximate surface area is 90.1 Å². The fraction of sp³-hybridized carbons (Fsp3) is 0.571. The SMILES string of the molecule is NC(N)=NC(=O)NC1OC(C=O)C(O)C1O. The molecule has 0 aromatic rings. The second-order valence-electron chi connectivity index (χ2n) is 3.12. The van der Waals surface area contributed by atoms with Gasteiger partial charge in [-0.3, -0.25) is 0 Å². The first-order valence-electron chi connectivity index (χ1n) is 4.32. The molecule has 7 N–H and O–H groups in total. The quantitative estimate of drug-likeness (QED) is 0.188. The zero-order valence-electron chi connectivity index (χ0n) is 8.11. The van der Waals surface area contributed by atoms with Crippen LogP contribution in [0, 0.1) is 0 Å². The van der Waals surface area contributed by atoms with Crippen LogP contribution in [0.1, 0.15) is 0 Å². The number of urea groups is 1. The van der Waals surface area contributed by atoms with Crippen LogP contribution in [0.5, 0.6) is 0 Å². The Balaban J connectivity index is 2.60. The third-order valence-corrected chi connectivity index (χ3v) is 1.93. The van der Waals surface area contributed by atoms with Crippen LogP contribution in [-0.2, 0) is 9.53 Å². The standard InChI is InChI=1S/C7H12N4O5/c8-6(9)11-7(15)10-5-4(14)3(13)2(1-12)16-5/h1-5,13-14H,(H5,8,9,10,11,15). The number of rotatable bonds is 2. The lowest BCUT2D eigenvalue weighted by molar-refractivity contribution is -0.121.